The van der Waals surface area contributed by atoms with Crippen molar-refractivity contribution in [2.75, 3.05) is 13.1 Å². The second kappa shape index (κ2) is 9.33. The number of nitrogens with zero attached hydrogens (tertiary/aromatic N) is 4. The number of amides is 1. The second-order valence-electron chi connectivity index (χ2n) is 8.11. The lowest BCUT2D eigenvalue weighted by atomic mass is 10.1. The molecule has 32 heavy (non-hydrogen) atoms. The van der Waals surface area contributed by atoms with E-state index in [1.165, 1.54) is 16.7 Å². The molecule has 3 heterocycles. The highest BCUT2D eigenvalue weighted by molar-refractivity contribution is 5.76. The summed E-state index contributed by atoms with van der Waals surface area (Å²) in [7, 11) is 0. The fourth-order valence-corrected chi connectivity index (χ4v) is 4.02. The Morgan fingerprint density at radius 1 is 1.28 bits per heavy atom. The van der Waals surface area contributed by atoms with Crippen molar-refractivity contribution in [1.82, 2.24) is 24.6 Å². The molecule has 1 aliphatic heterocycles. The summed E-state index contributed by atoms with van der Waals surface area (Å²) in [5, 5.41) is 7.33. The van der Waals surface area contributed by atoms with Crippen molar-refractivity contribution in [3.05, 3.63) is 75.5 Å². The predicted octanol–water partition coefficient (Wildman–Crippen LogP) is 2.71. The number of H-pyrrole nitrogens is 1. The number of carbonyl (C=O) groups is 1. The zero-order valence-corrected chi connectivity index (χ0v) is 18.2. The molecule has 8 nitrogen and oxygen atoms in total. The Labute approximate surface area is 185 Å². The van der Waals surface area contributed by atoms with Crippen LogP contribution in [0.1, 0.15) is 41.5 Å². The molecule has 3 aromatic rings. The Bertz CT molecular complexity index is 1170. The van der Waals surface area contributed by atoms with Crippen LogP contribution in [0, 0.1) is 19.7 Å². The number of likely N-dealkylation sites (tertiary alicyclic amines) is 1. The minimum absolute atomic E-state index is 0.0181. The van der Waals surface area contributed by atoms with E-state index in [9.17, 15) is 14.0 Å². The number of rotatable bonds is 7. The van der Waals surface area contributed by atoms with Gasteiger partial charge in [-0.3, -0.25) is 14.5 Å². The fraction of sp³-hybridized carbons (Fsp3) is 0.391. The van der Waals surface area contributed by atoms with Gasteiger partial charge in [-0.2, -0.15) is 10.1 Å². The van der Waals surface area contributed by atoms with Crippen molar-refractivity contribution < 1.29 is 13.9 Å². The summed E-state index contributed by atoms with van der Waals surface area (Å²) in [4.78, 5) is 30.5. The number of halogens is 1. The van der Waals surface area contributed by atoms with E-state index in [1.54, 1.807) is 19.1 Å². The molecule has 1 aliphatic rings. The lowest BCUT2D eigenvalue weighted by molar-refractivity contribution is -0.130. The summed E-state index contributed by atoms with van der Waals surface area (Å²) in [5.74, 6) is 0.271. The number of aryl methyl sites for hydroxylation is 2. The van der Waals surface area contributed by atoms with Gasteiger partial charge in [0.2, 0.25) is 5.91 Å². The standard InChI is InChI=1S/C23H26FN5O3/c1-15-10-16(2)29(23(31)25-15)9-7-22(30)28-8-6-17(13-28)21-12-19(26-27-21)14-32-20-5-3-4-18(24)11-20/h3-5,10-12,17H,6-9,13-14H2,1-2H3,(H,26,27). The summed E-state index contributed by atoms with van der Waals surface area (Å²) >= 11 is 0. The lowest BCUT2D eigenvalue weighted by Crippen LogP contribution is -2.32. The Morgan fingerprint density at radius 3 is 2.91 bits per heavy atom. The van der Waals surface area contributed by atoms with Gasteiger partial charge in [-0.25, -0.2) is 9.18 Å². The van der Waals surface area contributed by atoms with Gasteiger partial charge in [0.25, 0.3) is 0 Å². The van der Waals surface area contributed by atoms with Crippen LogP contribution in [0.15, 0.2) is 41.2 Å². The van der Waals surface area contributed by atoms with Crippen LogP contribution >= 0.6 is 0 Å². The average molecular weight is 439 g/mol. The first kappa shape index (κ1) is 21.7. The SMILES string of the molecule is Cc1cc(C)n(CCC(=O)N2CCC(c3cc(COc4cccc(F)c4)[nH]n3)C2)c(=O)n1. The van der Waals surface area contributed by atoms with E-state index in [0.29, 0.717) is 31.1 Å². The molecule has 1 fully saturated rings. The Balaban J connectivity index is 1.30. The minimum Gasteiger partial charge on any atom is -0.487 e. The smallest absolute Gasteiger partial charge is 0.347 e. The molecule has 0 bridgehead atoms. The van der Waals surface area contributed by atoms with Crippen molar-refractivity contribution in [2.45, 2.75) is 45.8 Å². The normalized spacial score (nSPS) is 15.8. The van der Waals surface area contributed by atoms with Crippen LogP contribution in [0.25, 0.3) is 0 Å². The van der Waals surface area contributed by atoms with E-state index in [4.69, 9.17) is 4.74 Å². The molecule has 2 aromatic heterocycles. The number of nitrogens with one attached hydrogen (secondary N) is 1. The monoisotopic (exact) mass is 439 g/mol. The molecule has 1 unspecified atom stereocenters. The minimum atomic E-state index is -0.345. The molecule has 4 rings (SSSR count). The predicted molar refractivity (Wildman–Crippen MR) is 116 cm³/mol. The highest BCUT2D eigenvalue weighted by atomic mass is 19.1. The van der Waals surface area contributed by atoms with Crippen LogP contribution in [0.4, 0.5) is 4.39 Å². The Hall–Kier alpha value is -3.49. The van der Waals surface area contributed by atoms with Gasteiger partial charge >= 0.3 is 5.69 Å². The van der Waals surface area contributed by atoms with E-state index in [-0.39, 0.29) is 36.4 Å². The summed E-state index contributed by atoms with van der Waals surface area (Å²) in [5.41, 5.74) is 2.83. The Morgan fingerprint density at radius 2 is 2.12 bits per heavy atom. The quantitative estimate of drug-likeness (QED) is 0.611. The largest absolute Gasteiger partial charge is 0.487 e. The van der Waals surface area contributed by atoms with Gasteiger partial charge in [-0.1, -0.05) is 6.07 Å². The van der Waals surface area contributed by atoms with Crippen LogP contribution in [0.3, 0.4) is 0 Å². The van der Waals surface area contributed by atoms with Gasteiger partial charge in [0.15, 0.2) is 0 Å². The van der Waals surface area contributed by atoms with Crippen molar-refractivity contribution in [3.8, 4) is 5.75 Å². The zero-order chi connectivity index (χ0) is 22.7. The Kier molecular flexibility index (Phi) is 6.34. The lowest BCUT2D eigenvalue weighted by Gasteiger charge is -2.17. The van der Waals surface area contributed by atoms with Gasteiger partial charge < -0.3 is 9.64 Å². The average Bonchev–Trinajstić information content (AvgIpc) is 3.41. The third kappa shape index (κ3) is 5.04. The number of aromatic nitrogens is 4. The van der Waals surface area contributed by atoms with Gasteiger partial charge in [0.1, 0.15) is 18.2 Å². The van der Waals surface area contributed by atoms with Crippen molar-refractivity contribution >= 4 is 5.91 Å². The van der Waals surface area contributed by atoms with Crippen LogP contribution in [-0.4, -0.2) is 43.6 Å². The van der Waals surface area contributed by atoms with Crippen LogP contribution in [0.2, 0.25) is 0 Å². The third-order valence-electron chi connectivity index (χ3n) is 5.70. The third-order valence-corrected chi connectivity index (χ3v) is 5.70. The van der Waals surface area contributed by atoms with Gasteiger partial charge in [0, 0.05) is 49.4 Å². The highest BCUT2D eigenvalue weighted by Gasteiger charge is 2.28. The molecule has 0 radical (unpaired) electrons. The first-order valence-corrected chi connectivity index (χ1v) is 10.6. The maximum Gasteiger partial charge on any atom is 0.347 e. The highest BCUT2D eigenvalue weighted by Crippen LogP contribution is 2.27. The molecule has 1 aromatic carbocycles. The molecule has 1 amide bonds. The molecule has 0 aliphatic carbocycles. The number of carbonyl (C=O) groups excluding carboxylic acids is 1. The van der Waals surface area contributed by atoms with E-state index >= 15 is 0 Å². The molecular weight excluding hydrogens is 413 g/mol. The number of benzene rings is 1. The van der Waals surface area contributed by atoms with Gasteiger partial charge in [0.05, 0.1) is 11.4 Å². The molecule has 168 valence electrons. The molecule has 1 saturated heterocycles. The summed E-state index contributed by atoms with van der Waals surface area (Å²) in [6, 6.07) is 9.76. The van der Waals surface area contributed by atoms with Crippen LogP contribution in [0.5, 0.6) is 5.75 Å². The van der Waals surface area contributed by atoms with Gasteiger partial charge in [-0.15, -0.1) is 0 Å². The van der Waals surface area contributed by atoms with E-state index < -0.39 is 0 Å². The summed E-state index contributed by atoms with van der Waals surface area (Å²) < 4.78 is 20.4. The first-order valence-electron chi connectivity index (χ1n) is 10.6. The molecular formula is C23H26FN5O3. The number of hydrogen-bond donors (Lipinski definition) is 1. The van der Waals surface area contributed by atoms with Crippen molar-refractivity contribution in [1.29, 1.82) is 0 Å². The molecule has 1 atom stereocenters. The number of aromatic amines is 1. The molecule has 0 saturated carbocycles. The maximum atomic E-state index is 13.3. The molecule has 1 N–H and O–H groups in total. The van der Waals surface area contributed by atoms with E-state index in [2.05, 4.69) is 15.2 Å². The first-order chi connectivity index (χ1) is 15.4. The number of hydrogen-bond acceptors (Lipinski definition) is 5. The second-order valence-corrected chi connectivity index (χ2v) is 8.11. The maximum absolute atomic E-state index is 13.3. The van der Waals surface area contributed by atoms with Crippen LogP contribution < -0.4 is 10.4 Å². The zero-order valence-electron chi connectivity index (χ0n) is 18.2. The van der Waals surface area contributed by atoms with Gasteiger partial charge in [-0.05, 0) is 44.5 Å². The topological polar surface area (TPSA) is 93.1 Å². The van der Waals surface area contributed by atoms with Crippen molar-refractivity contribution in [3.63, 3.8) is 0 Å². The van der Waals surface area contributed by atoms with Crippen molar-refractivity contribution in [2.24, 2.45) is 0 Å². The van der Waals surface area contributed by atoms with E-state index in [1.807, 2.05) is 24.0 Å². The van der Waals surface area contributed by atoms with E-state index in [0.717, 1.165) is 23.5 Å². The molecule has 0 spiro atoms. The summed E-state index contributed by atoms with van der Waals surface area (Å²) in [6.45, 7) is 5.45. The number of ether oxygens (including phenoxy) is 1. The fourth-order valence-electron chi connectivity index (χ4n) is 4.02. The molecule has 9 heteroatoms. The van der Waals surface area contributed by atoms with Crippen LogP contribution in [-0.2, 0) is 17.9 Å². The summed E-state index contributed by atoms with van der Waals surface area (Å²) in [6.07, 6.45) is 1.08.